The van der Waals surface area contributed by atoms with Crippen LogP contribution in [0.25, 0.3) is 11.3 Å². The topological polar surface area (TPSA) is 58.2 Å². The van der Waals surface area contributed by atoms with E-state index in [0.29, 0.717) is 17.9 Å². The summed E-state index contributed by atoms with van der Waals surface area (Å²) in [5.41, 5.74) is 6.71. The molecule has 1 saturated carbocycles. The molecule has 200 valence electrons. The van der Waals surface area contributed by atoms with E-state index >= 15 is 0 Å². The highest BCUT2D eigenvalue weighted by molar-refractivity contribution is 5.79. The lowest BCUT2D eigenvalue weighted by Crippen LogP contribution is -2.36. The summed E-state index contributed by atoms with van der Waals surface area (Å²) in [7, 11) is 0. The van der Waals surface area contributed by atoms with Crippen LogP contribution in [-0.4, -0.2) is 27.3 Å². The molecule has 1 saturated heterocycles. The molecule has 2 aromatic carbocycles. The number of amides is 1. The summed E-state index contributed by atoms with van der Waals surface area (Å²) < 4.78 is 6.43. The average molecular weight is 512 g/mol. The normalized spacial score (nSPS) is 20.8. The predicted molar refractivity (Wildman–Crippen MR) is 151 cm³/mol. The van der Waals surface area contributed by atoms with Crippen molar-refractivity contribution in [2.45, 2.75) is 84.8 Å². The quantitative estimate of drug-likeness (QED) is 0.363. The third-order valence-corrected chi connectivity index (χ3v) is 9.52. The average Bonchev–Trinajstić information content (AvgIpc) is 3.74. The van der Waals surface area contributed by atoms with Gasteiger partial charge in [0.05, 0.1) is 17.9 Å². The molecule has 5 nitrogen and oxygen atoms in total. The predicted octanol–water partition coefficient (Wildman–Crippen LogP) is 7.27. The summed E-state index contributed by atoms with van der Waals surface area (Å²) in [6.45, 7) is 7.72. The Balaban J connectivity index is 1.29. The molecule has 38 heavy (non-hydrogen) atoms. The number of H-pyrrole nitrogens is 1. The van der Waals surface area contributed by atoms with Gasteiger partial charge >= 0.3 is 0 Å². The number of carbonyl (C=O) groups excluding carboxylic acids is 1. The summed E-state index contributed by atoms with van der Waals surface area (Å²) >= 11 is 0. The first kappa shape index (κ1) is 25.2. The summed E-state index contributed by atoms with van der Waals surface area (Å²) in [6.07, 6.45) is 11.5. The van der Waals surface area contributed by atoms with Gasteiger partial charge in [-0.3, -0.25) is 4.79 Å². The molecule has 0 bridgehead atoms. The Hall–Kier alpha value is -3.08. The van der Waals surface area contributed by atoms with Crippen LogP contribution < -0.4 is 4.74 Å². The second kappa shape index (κ2) is 10.2. The van der Waals surface area contributed by atoms with Gasteiger partial charge in [-0.05, 0) is 78.7 Å². The van der Waals surface area contributed by atoms with Gasteiger partial charge in [0, 0.05) is 18.0 Å². The monoisotopic (exact) mass is 511 g/mol. The van der Waals surface area contributed by atoms with Crippen molar-refractivity contribution in [2.75, 3.05) is 6.54 Å². The van der Waals surface area contributed by atoms with Crippen molar-refractivity contribution in [3.63, 3.8) is 0 Å². The molecule has 5 heteroatoms. The fourth-order valence-corrected chi connectivity index (χ4v) is 6.99. The Morgan fingerprint density at radius 2 is 1.82 bits per heavy atom. The number of imidazole rings is 1. The first-order valence-corrected chi connectivity index (χ1v) is 14.6. The van der Waals surface area contributed by atoms with Crippen LogP contribution in [0.4, 0.5) is 0 Å². The molecule has 2 fully saturated rings. The minimum absolute atomic E-state index is 0.0272. The maximum atomic E-state index is 13.2. The van der Waals surface area contributed by atoms with Gasteiger partial charge in [-0.25, -0.2) is 4.98 Å². The highest BCUT2D eigenvalue weighted by Crippen LogP contribution is 2.53. The molecule has 0 radical (unpaired) electrons. The van der Waals surface area contributed by atoms with Crippen LogP contribution in [0, 0.1) is 17.3 Å². The first-order valence-electron chi connectivity index (χ1n) is 14.6. The lowest BCUT2D eigenvalue weighted by Gasteiger charge is -2.28. The second-order valence-electron chi connectivity index (χ2n) is 12.3. The maximum Gasteiger partial charge on any atom is 0.226 e. The van der Waals surface area contributed by atoms with E-state index in [0.717, 1.165) is 49.5 Å². The van der Waals surface area contributed by atoms with E-state index in [4.69, 9.17) is 9.72 Å². The summed E-state index contributed by atoms with van der Waals surface area (Å²) in [5, 5.41) is 0. The van der Waals surface area contributed by atoms with Crippen molar-refractivity contribution in [1.29, 1.82) is 0 Å². The van der Waals surface area contributed by atoms with E-state index in [-0.39, 0.29) is 17.9 Å². The van der Waals surface area contributed by atoms with Crippen molar-refractivity contribution in [3.8, 4) is 17.0 Å². The van der Waals surface area contributed by atoms with Crippen molar-refractivity contribution < 1.29 is 9.53 Å². The van der Waals surface area contributed by atoms with Gasteiger partial charge in [-0.2, -0.15) is 0 Å². The minimum atomic E-state index is 0.0272. The zero-order valence-corrected chi connectivity index (χ0v) is 23.1. The van der Waals surface area contributed by atoms with Crippen LogP contribution in [0.15, 0.2) is 48.7 Å². The van der Waals surface area contributed by atoms with Crippen LogP contribution in [0.1, 0.15) is 87.9 Å². The van der Waals surface area contributed by atoms with E-state index in [1.165, 1.54) is 47.9 Å². The number of carbonyl (C=O) groups is 1. The number of hydrogen-bond acceptors (Lipinski definition) is 3. The summed E-state index contributed by atoms with van der Waals surface area (Å²) in [6, 6.07) is 14.9. The van der Waals surface area contributed by atoms with Gasteiger partial charge in [-0.15, -0.1) is 0 Å². The van der Waals surface area contributed by atoms with Crippen molar-refractivity contribution in [1.82, 2.24) is 14.9 Å². The molecule has 2 atom stereocenters. The van der Waals surface area contributed by atoms with Gasteiger partial charge < -0.3 is 14.6 Å². The van der Waals surface area contributed by atoms with Crippen molar-refractivity contribution in [3.05, 3.63) is 71.2 Å². The Labute approximate surface area is 227 Å². The number of likely N-dealkylation sites (tertiary alicyclic amines) is 1. The van der Waals surface area contributed by atoms with Crippen LogP contribution in [0.2, 0.25) is 0 Å². The number of benzene rings is 2. The Bertz CT molecular complexity index is 1290. The molecule has 2 heterocycles. The molecule has 1 aliphatic heterocycles. The molecule has 1 N–H and O–H groups in total. The Kier molecular flexibility index (Phi) is 6.79. The van der Waals surface area contributed by atoms with Gasteiger partial charge in [0.15, 0.2) is 0 Å². The zero-order valence-electron chi connectivity index (χ0n) is 23.1. The number of aromatic amines is 1. The molecule has 1 amide bonds. The van der Waals surface area contributed by atoms with E-state index in [1.54, 1.807) is 0 Å². The SMILES string of the molecule is CC(C)C(C)C(=O)N1CCCC1c1ncc(-c2ccc(OCc3ccccc3)c3c2CC2(CCCC2)C3)[nH]1. The Morgan fingerprint density at radius 1 is 1.05 bits per heavy atom. The second-order valence-corrected chi connectivity index (χ2v) is 12.3. The standard InChI is InChI=1S/C33H41N3O2/c1-22(2)23(3)32(37)36-17-9-12-29(36)31-34-20-28(35-31)25-13-14-30(38-21-24-10-5-4-6-11-24)27-19-33(18-26(25)27)15-7-8-16-33/h4-6,10-11,13-14,20,22-23,29H,7-9,12,15-19,21H2,1-3H3,(H,34,35). The van der Waals surface area contributed by atoms with E-state index < -0.39 is 0 Å². The van der Waals surface area contributed by atoms with Crippen molar-refractivity contribution >= 4 is 5.91 Å². The van der Waals surface area contributed by atoms with E-state index in [9.17, 15) is 4.79 Å². The number of rotatable bonds is 7. The molecule has 2 aliphatic carbocycles. The van der Waals surface area contributed by atoms with Gasteiger partial charge in [0.1, 0.15) is 18.2 Å². The van der Waals surface area contributed by atoms with Gasteiger partial charge in [-0.1, -0.05) is 63.9 Å². The Morgan fingerprint density at radius 3 is 2.58 bits per heavy atom. The lowest BCUT2D eigenvalue weighted by atomic mass is 9.83. The van der Waals surface area contributed by atoms with E-state index in [1.807, 2.05) is 12.3 Å². The highest BCUT2D eigenvalue weighted by Gasteiger charge is 2.42. The van der Waals surface area contributed by atoms with Crippen LogP contribution in [0.5, 0.6) is 5.75 Å². The third kappa shape index (κ3) is 4.65. The zero-order chi connectivity index (χ0) is 26.3. The number of nitrogens with zero attached hydrogens (tertiary/aromatic N) is 2. The number of aromatic nitrogens is 2. The fourth-order valence-electron chi connectivity index (χ4n) is 6.99. The fraction of sp³-hybridized carbons (Fsp3) is 0.515. The molecular formula is C33H41N3O2. The highest BCUT2D eigenvalue weighted by atomic mass is 16.5. The first-order chi connectivity index (χ1) is 18.4. The van der Waals surface area contributed by atoms with Gasteiger partial charge in [0.2, 0.25) is 5.91 Å². The third-order valence-electron chi connectivity index (χ3n) is 9.52. The minimum Gasteiger partial charge on any atom is -0.489 e. The number of nitrogens with one attached hydrogen (secondary N) is 1. The largest absolute Gasteiger partial charge is 0.489 e. The van der Waals surface area contributed by atoms with Crippen LogP contribution in [-0.2, 0) is 24.2 Å². The van der Waals surface area contributed by atoms with Crippen LogP contribution >= 0.6 is 0 Å². The smallest absolute Gasteiger partial charge is 0.226 e. The molecule has 1 aromatic heterocycles. The molecule has 1 spiro atoms. The van der Waals surface area contributed by atoms with Crippen molar-refractivity contribution in [2.24, 2.45) is 17.3 Å². The summed E-state index contributed by atoms with van der Waals surface area (Å²) in [4.78, 5) is 23.8. The van der Waals surface area contributed by atoms with Gasteiger partial charge in [0.25, 0.3) is 0 Å². The molecule has 3 aliphatic rings. The molecule has 2 unspecified atom stereocenters. The van der Waals surface area contributed by atoms with E-state index in [2.05, 4.69) is 67.1 Å². The number of fused-ring (bicyclic) bond motifs is 1. The molecular weight excluding hydrogens is 470 g/mol. The summed E-state index contributed by atoms with van der Waals surface area (Å²) in [5.74, 6) is 2.58. The number of hydrogen-bond donors (Lipinski definition) is 1. The van der Waals surface area contributed by atoms with Crippen LogP contribution in [0.3, 0.4) is 0 Å². The number of ether oxygens (including phenoxy) is 1. The molecule has 6 rings (SSSR count). The maximum absolute atomic E-state index is 13.2. The molecule has 3 aromatic rings. The lowest BCUT2D eigenvalue weighted by molar-refractivity contribution is -0.137.